The van der Waals surface area contributed by atoms with E-state index < -0.39 is 28.2 Å². The third-order valence-corrected chi connectivity index (χ3v) is 8.37. The van der Waals surface area contributed by atoms with Crippen molar-refractivity contribution in [3.63, 3.8) is 0 Å². The summed E-state index contributed by atoms with van der Waals surface area (Å²) in [7, 11) is -3.52. The van der Waals surface area contributed by atoms with Crippen LogP contribution in [0.1, 0.15) is 40.6 Å². The van der Waals surface area contributed by atoms with Crippen molar-refractivity contribution < 1.29 is 19.2 Å². The van der Waals surface area contributed by atoms with E-state index in [0.29, 0.717) is 0 Å². The molecular formula is C18H22N4O4S2. The molecular weight excluding hydrogens is 400 g/mol. The number of urea groups is 1. The number of aliphatic hydroxyl groups excluding tert-OH is 1. The summed E-state index contributed by atoms with van der Waals surface area (Å²) in [4.78, 5) is 16.5. The molecule has 0 spiro atoms. The van der Waals surface area contributed by atoms with Crippen molar-refractivity contribution in [1.29, 1.82) is 0 Å². The minimum absolute atomic E-state index is 0.0673. The highest BCUT2D eigenvalue weighted by Crippen LogP contribution is 2.39. The fraction of sp³-hybridized carbons (Fsp3) is 0.444. The average Bonchev–Trinajstić information content (AvgIpc) is 3.26. The van der Waals surface area contributed by atoms with Gasteiger partial charge in [0.25, 0.3) is 0 Å². The Kier molecular flexibility index (Phi) is 4.79. The van der Waals surface area contributed by atoms with Crippen molar-refractivity contribution in [3.8, 4) is 0 Å². The lowest BCUT2D eigenvalue weighted by Crippen LogP contribution is -2.25. The summed E-state index contributed by atoms with van der Waals surface area (Å²) in [6.07, 6.45) is 6.10. The number of anilines is 1. The number of thiazole rings is 1. The SMILES string of the molecule is C[C@@](O)(CO)c1ncc(S(N)(=O)=NC(=O)Nc2c3c(cc4c2CC4)CCC3)s1. The summed E-state index contributed by atoms with van der Waals surface area (Å²) in [6.45, 7) is 0.832. The molecule has 0 aliphatic heterocycles. The zero-order valence-electron chi connectivity index (χ0n) is 15.4. The lowest BCUT2D eigenvalue weighted by Gasteiger charge is -2.25. The molecule has 1 aromatic heterocycles. The maximum absolute atomic E-state index is 12.8. The number of aromatic nitrogens is 1. The van der Waals surface area contributed by atoms with Crippen molar-refractivity contribution in [2.75, 3.05) is 11.9 Å². The number of carbonyl (C=O) groups is 1. The normalized spacial score (nSPS) is 19.0. The summed E-state index contributed by atoms with van der Waals surface area (Å²) in [6, 6.07) is 1.47. The van der Waals surface area contributed by atoms with Crippen molar-refractivity contribution in [2.24, 2.45) is 9.50 Å². The molecule has 4 rings (SSSR count). The van der Waals surface area contributed by atoms with Gasteiger partial charge in [-0.25, -0.2) is 19.1 Å². The van der Waals surface area contributed by atoms with Gasteiger partial charge < -0.3 is 15.5 Å². The molecule has 2 amide bonds. The smallest absolute Gasteiger partial charge is 0.354 e. The van der Waals surface area contributed by atoms with E-state index in [1.165, 1.54) is 24.2 Å². The minimum atomic E-state index is -3.52. The van der Waals surface area contributed by atoms with Crippen LogP contribution in [0.3, 0.4) is 0 Å². The van der Waals surface area contributed by atoms with E-state index in [1.54, 1.807) is 0 Å². The van der Waals surface area contributed by atoms with Gasteiger partial charge in [-0.2, -0.15) is 0 Å². The summed E-state index contributed by atoms with van der Waals surface area (Å²) in [5.74, 6) is 0. The Bertz CT molecular complexity index is 1080. The topological polar surface area (TPSA) is 138 Å². The molecule has 28 heavy (non-hydrogen) atoms. The Morgan fingerprint density at radius 3 is 2.75 bits per heavy atom. The molecule has 2 atom stereocenters. The number of fused-ring (bicyclic) bond motifs is 2. The van der Waals surface area contributed by atoms with E-state index in [4.69, 9.17) is 5.14 Å². The number of nitrogens with one attached hydrogen (secondary N) is 1. The number of aliphatic hydroxyl groups is 2. The molecule has 150 valence electrons. The highest BCUT2D eigenvalue weighted by Gasteiger charge is 2.29. The van der Waals surface area contributed by atoms with Gasteiger partial charge in [0.1, 0.15) is 14.8 Å². The van der Waals surface area contributed by atoms with Gasteiger partial charge >= 0.3 is 6.03 Å². The Morgan fingerprint density at radius 1 is 1.36 bits per heavy atom. The molecule has 5 N–H and O–H groups in total. The van der Waals surface area contributed by atoms with Crippen molar-refractivity contribution in [2.45, 2.75) is 48.8 Å². The molecule has 0 saturated carbocycles. The molecule has 0 bridgehead atoms. The van der Waals surface area contributed by atoms with Crippen LogP contribution in [0, 0.1) is 0 Å². The van der Waals surface area contributed by atoms with Gasteiger partial charge in [-0.15, -0.1) is 15.7 Å². The lowest BCUT2D eigenvalue weighted by molar-refractivity contribution is -0.00244. The molecule has 0 saturated heterocycles. The first-order valence-corrected chi connectivity index (χ1v) is 11.4. The third-order valence-electron chi connectivity index (χ3n) is 5.24. The van der Waals surface area contributed by atoms with E-state index in [-0.39, 0.29) is 9.22 Å². The Balaban J connectivity index is 1.62. The van der Waals surface area contributed by atoms with Crippen LogP contribution in [-0.2, 0) is 41.2 Å². The van der Waals surface area contributed by atoms with Crippen molar-refractivity contribution >= 4 is 33.0 Å². The van der Waals surface area contributed by atoms with Crippen LogP contribution in [0.5, 0.6) is 0 Å². The molecule has 2 aliphatic rings. The lowest BCUT2D eigenvalue weighted by atomic mass is 9.83. The fourth-order valence-corrected chi connectivity index (χ4v) is 5.70. The number of carbonyl (C=O) groups excluding carboxylic acids is 1. The highest BCUT2D eigenvalue weighted by atomic mass is 32.2. The molecule has 0 radical (unpaired) electrons. The standard InChI is InChI=1S/C18H22N4O4S2/c1-18(25,9-23)16-20-8-14(27-16)28(19,26)22-17(24)21-15-12-4-2-3-10(12)7-11-5-6-13(11)15/h7-8,23,25H,2-6,9H2,1H3,(H3,19,21,22,24,26)/t18-,28?/m1/s1. The van der Waals surface area contributed by atoms with E-state index in [1.807, 2.05) is 0 Å². The maximum atomic E-state index is 12.8. The summed E-state index contributed by atoms with van der Waals surface area (Å²) in [5, 5.41) is 28.1. The second kappa shape index (κ2) is 6.89. The summed E-state index contributed by atoms with van der Waals surface area (Å²) in [5.41, 5.74) is 4.02. The van der Waals surface area contributed by atoms with Crippen molar-refractivity contribution in [1.82, 2.24) is 4.98 Å². The van der Waals surface area contributed by atoms with Crippen LogP contribution in [0.15, 0.2) is 20.8 Å². The Morgan fingerprint density at radius 2 is 2.07 bits per heavy atom. The quantitative estimate of drug-likeness (QED) is 0.596. The number of hydrogen-bond acceptors (Lipinski definition) is 6. The molecule has 10 heteroatoms. The molecule has 1 heterocycles. The first-order chi connectivity index (χ1) is 13.2. The Hall–Kier alpha value is -1.85. The summed E-state index contributed by atoms with van der Waals surface area (Å²) >= 11 is 0.861. The number of nitrogens with zero attached hydrogens (tertiary/aromatic N) is 2. The van der Waals surface area contributed by atoms with Crippen LogP contribution in [0.2, 0.25) is 0 Å². The predicted molar refractivity (Wildman–Crippen MR) is 107 cm³/mol. The highest BCUT2D eigenvalue weighted by molar-refractivity contribution is 7.93. The molecule has 1 aromatic carbocycles. The number of aryl methyl sites for hydroxylation is 2. The van der Waals surface area contributed by atoms with Gasteiger partial charge in [-0.3, -0.25) is 0 Å². The summed E-state index contributed by atoms with van der Waals surface area (Å²) < 4.78 is 16.6. The second-order valence-corrected chi connectivity index (χ2v) is 10.4. The Labute approximate surface area is 167 Å². The second-order valence-electron chi connectivity index (χ2n) is 7.39. The van der Waals surface area contributed by atoms with E-state index in [2.05, 4.69) is 20.7 Å². The van der Waals surface area contributed by atoms with Crippen LogP contribution >= 0.6 is 11.3 Å². The number of hydrogen-bond donors (Lipinski definition) is 4. The maximum Gasteiger partial charge on any atom is 0.354 e. The van der Waals surface area contributed by atoms with Gasteiger partial charge in [0.05, 0.1) is 12.8 Å². The monoisotopic (exact) mass is 422 g/mol. The van der Waals surface area contributed by atoms with Gasteiger partial charge in [-0.1, -0.05) is 6.07 Å². The van der Waals surface area contributed by atoms with Crippen LogP contribution in [0.25, 0.3) is 0 Å². The molecule has 2 aromatic rings. The first kappa shape index (κ1) is 19.5. The number of amides is 2. The van der Waals surface area contributed by atoms with Crippen LogP contribution < -0.4 is 10.5 Å². The third kappa shape index (κ3) is 3.35. The molecule has 2 aliphatic carbocycles. The fourth-order valence-electron chi connectivity index (χ4n) is 3.60. The van der Waals surface area contributed by atoms with Gasteiger partial charge in [0, 0.05) is 5.69 Å². The molecule has 0 fully saturated rings. The largest absolute Gasteiger partial charge is 0.393 e. The van der Waals surface area contributed by atoms with Gasteiger partial charge in [-0.05, 0) is 61.3 Å². The van der Waals surface area contributed by atoms with Crippen LogP contribution in [-0.4, -0.2) is 32.0 Å². The van der Waals surface area contributed by atoms with Gasteiger partial charge in [0.2, 0.25) is 0 Å². The zero-order chi connectivity index (χ0) is 20.1. The average molecular weight is 423 g/mol. The predicted octanol–water partition coefficient (Wildman–Crippen LogP) is 1.86. The van der Waals surface area contributed by atoms with E-state index in [9.17, 15) is 19.2 Å². The van der Waals surface area contributed by atoms with Gasteiger partial charge in [0.15, 0.2) is 9.92 Å². The van der Waals surface area contributed by atoms with Crippen molar-refractivity contribution in [3.05, 3.63) is 39.5 Å². The number of benzene rings is 1. The molecule has 1 unspecified atom stereocenters. The number of nitrogens with two attached hydrogens (primary N) is 1. The molecule has 8 nitrogen and oxygen atoms in total. The minimum Gasteiger partial charge on any atom is -0.393 e. The van der Waals surface area contributed by atoms with E-state index in [0.717, 1.165) is 60.3 Å². The number of rotatable bonds is 4. The van der Waals surface area contributed by atoms with E-state index >= 15 is 0 Å². The first-order valence-electron chi connectivity index (χ1n) is 9.03. The van der Waals surface area contributed by atoms with Crippen LogP contribution in [0.4, 0.5) is 10.5 Å². The zero-order valence-corrected chi connectivity index (χ0v) is 17.0.